The van der Waals surface area contributed by atoms with E-state index in [2.05, 4.69) is 0 Å². The summed E-state index contributed by atoms with van der Waals surface area (Å²) in [6.45, 7) is 4.02. The summed E-state index contributed by atoms with van der Waals surface area (Å²) in [7, 11) is 1.84. The average molecular weight is 260 g/mol. The van der Waals surface area contributed by atoms with Crippen LogP contribution < -0.4 is 5.73 Å². The van der Waals surface area contributed by atoms with E-state index in [1.165, 1.54) is 0 Å². The van der Waals surface area contributed by atoms with Crippen molar-refractivity contribution in [1.82, 2.24) is 4.90 Å². The minimum absolute atomic E-state index is 0.0861. The maximum Gasteiger partial charge on any atom is 0.238 e. The van der Waals surface area contributed by atoms with Gasteiger partial charge in [0.05, 0.1) is 9.74 Å². The van der Waals surface area contributed by atoms with E-state index in [1.54, 1.807) is 16.7 Å². The lowest BCUT2D eigenvalue weighted by Crippen LogP contribution is -2.46. The van der Waals surface area contributed by atoms with Gasteiger partial charge in [0.1, 0.15) is 0 Å². The first-order chi connectivity index (χ1) is 7.37. The molecule has 0 saturated carbocycles. The molecule has 1 fully saturated rings. The van der Waals surface area contributed by atoms with Crippen molar-refractivity contribution in [2.24, 2.45) is 5.73 Å². The highest BCUT2D eigenvalue weighted by molar-refractivity contribution is 8.01. The van der Waals surface area contributed by atoms with Crippen LogP contribution in [0.25, 0.3) is 0 Å². The molecule has 0 bridgehead atoms. The zero-order valence-electron chi connectivity index (χ0n) is 10.2. The molecule has 1 aliphatic rings. The van der Waals surface area contributed by atoms with E-state index < -0.39 is 0 Å². The Morgan fingerprint density at radius 2 is 2.31 bits per heavy atom. The quantitative estimate of drug-likeness (QED) is 0.783. The number of carbonyl (C=O) groups is 1. The van der Waals surface area contributed by atoms with Crippen LogP contribution in [0.3, 0.4) is 0 Å². The standard InChI is InChI=1S/C11H20N2OS2/c1-8(7-9(12)15)13(3)10(14)11(2)5-4-6-16-11/h8H,4-7H2,1-3H3,(H2,12,15). The van der Waals surface area contributed by atoms with E-state index in [9.17, 15) is 4.79 Å². The van der Waals surface area contributed by atoms with Crippen molar-refractivity contribution < 1.29 is 4.79 Å². The molecule has 5 heteroatoms. The van der Waals surface area contributed by atoms with Crippen LogP contribution in [0.5, 0.6) is 0 Å². The molecule has 2 unspecified atom stereocenters. The highest BCUT2D eigenvalue weighted by Crippen LogP contribution is 2.39. The minimum Gasteiger partial charge on any atom is -0.393 e. The Kier molecular flexibility index (Phi) is 4.62. The van der Waals surface area contributed by atoms with Crippen molar-refractivity contribution in [3.05, 3.63) is 0 Å². The second-order valence-corrected chi connectivity index (χ2v) is 6.74. The number of carbonyl (C=O) groups excluding carboxylic acids is 1. The third-order valence-corrected chi connectivity index (χ3v) is 4.82. The van der Waals surface area contributed by atoms with Gasteiger partial charge in [-0.25, -0.2) is 0 Å². The number of rotatable bonds is 4. The lowest BCUT2D eigenvalue weighted by molar-refractivity contribution is -0.133. The van der Waals surface area contributed by atoms with Gasteiger partial charge in [-0.15, -0.1) is 11.8 Å². The van der Waals surface area contributed by atoms with Crippen LogP contribution in [0.4, 0.5) is 0 Å². The van der Waals surface area contributed by atoms with Gasteiger partial charge >= 0.3 is 0 Å². The van der Waals surface area contributed by atoms with Crippen molar-refractivity contribution in [2.75, 3.05) is 12.8 Å². The van der Waals surface area contributed by atoms with Crippen molar-refractivity contribution >= 4 is 34.9 Å². The van der Waals surface area contributed by atoms with Crippen molar-refractivity contribution in [3.63, 3.8) is 0 Å². The summed E-state index contributed by atoms with van der Waals surface area (Å²) in [6.07, 6.45) is 2.70. The molecule has 1 saturated heterocycles. The Labute approximate surface area is 107 Å². The summed E-state index contributed by atoms with van der Waals surface area (Å²) in [5.74, 6) is 1.29. The SMILES string of the molecule is CC(CC(N)=S)N(C)C(=O)C1(C)CCCS1. The lowest BCUT2D eigenvalue weighted by atomic mass is 10.0. The van der Waals surface area contributed by atoms with Crippen LogP contribution in [-0.4, -0.2) is 39.4 Å². The summed E-state index contributed by atoms with van der Waals surface area (Å²) in [5.41, 5.74) is 5.51. The van der Waals surface area contributed by atoms with Gasteiger partial charge in [-0.3, -0.25) is 4.79 Å². The zero-order valence-corrected chi connectivity index (χ0v) is 11.8. The molecule has 3 nitrogen and oxygen atoms in total. The molecule has 2 N–H and O–H groups in total. The maximum absolute atomic E-state index is 12.3. The monoisotopic (exact) mass is 260 g/mol. The fourth-order valence-electron chi connectivity index (χ4n) is 1.95. The highest BCUT2D eigenvalue weighted by Gasteiger charge is 2.39. The number of hydrogen-bond acceptors (Lipinski definition) is 3. The molecule has 0 aliphatic carbocycles. The molecule has 0 aromatic carbocycles. The van der Waals surface area contributed by atoms with Crippen LogP contribution in [-0.2, 0) is 4.79 Å². The molecule has 92 valence electrons. The molecule has 0 spiro atoms. The van der Waals surface area contributed by atoms with Crippen molar-refractivity contribution in [3.8, 4) is 0 Å². The molecule has 1 heterocycles. The van der Waals surface area contributed by atoms with Gasteiger partial charge in [0.25, 0.3) is 0 Å². The number of thiocarbonyl (C=S) groups is 1. The molecular formula is C11H20N2OS2. The van der Waals surface area contributed by atoms with Gasteiger partial charge in [0.15, 0.2) is 0 Å². The smallest absolute Gasteiger partial charge is 0.238 e. The Hall–Kier alpha value is -0.290. The number of amides is 1. The van der Waals surface area contributed by atoms with Gasteiger partial charge in [0.2, 0.25) is 5.91 Å². The molecular weight excluding hydrogens is 240 g/mol. The number of nitrogens with two attached hydrogens (primary N) is 1. The predicted molar refractivity (Wildman–Crippen MR) is 73.7 cm³/mol. The van der Waals surface area contributed by atoms with Crippen molar-refractivity contribution in [1.29, 1.82) is 0 Å². The van der Waals surface area contributed by atoms with Crippen LogP contribution in [0.15, 0.2) is 0 Å². The second-order valence-electron chi connectivity index (χ2n) is 4.62. The zero-order chi connectivity index (χ0) is 12.3. The predicted octanol–water partition coefficient (Wildman–Crippen LogP) is 1.80. The number of thioether (sulfide) groups is 1. The molecule has 2 atom stereocenters. The average Bonchev–Trinajstić information content (AvgIpc) is 2.63. The highest BCUT2D eigenvalue weighted by atomic mass is 32.2. The van der Waals surface area contributed by atoms with Gasteiger partial charge in [-0.2, -0.15) is 0 Å². The van der Waals surface area contributed by atoms with E-state index in [0.29, 0.717) is 11.4 Å². The first-order valence-corrected chi connectivity index (χ1v) is 6.96. The van der Waals surface area contributed by atoms with Gasteiger partial charge in [0, 0.05) is 19.5 Å². The second kappa shape index (κ2) is 5.36. The van der Waals surface area contributed by atoms with Crippen LogP contribution in [0.1, 0.15) is 33.1 Å². The third-order valence-electron chi connectivity index (χ3n) is 3.15. The van der Waals surface area contributed by atoms with Crippen LogP contribution >= 0.6 is 24.0 Å². The Morgan fingerprint density at radius 1 is 1.69 bits per heavy atom. The van der Waals surface area contributed by atoms with Gasteiger partial charge < -0.3 is 10.6 Å². The summed E-state index contributed by atoms with van der Waals surface area (Å²) in [4.78, 5) is 14.6. The maximum atomic E-state index is 12.3. The molecule has 0 radical (unpaired) electrons. The topological polar surface area (TPSA) is 46.3 Å². The Bertz CT molecular complexity index is 288. The first kappa shape index (κ1) is 13.8. The molecule has 0 aromatic rings. The van der Waals surface area contributed by atoms with Gasteiger partial charge in [-0.05, 0) is 32.4 Å². The Balaban J connectivity index is 2.62. The minimum atomic E-state index is -0.237. The number of hydrogen-bond donors (Lipinski definition) is 1. The van der Waals surface area contributed by atoms with E-state index in [0.717, 1.165) is 18.6 Å². The summed E-state index contributed by atoms with van der Waals surface area (Å²) < 4.78 is -0.237. The van der Waals surface area contributed by atoms with E-state index in [4.69, 9.17) is 18.0 Å². The van der Waals surface area contributed by atoms with E-state index in [1.807, 2.05) is 20.9 Å². The van der Waals surface area contributed by atoms with Crippen LogP contribution in [0.2, 0.25) is 0 Å². The Morgan fingerprint density at radius 3 is 2.75 bits per heavy atom. The first-order valence-electron chi connectivity index (χ1n) is 5.56. The fourth-order valence-corrected chi connectivity index (χ4v) is 3.49. The van der Waals surface area contributed by atoms with Crippen molar-refractivity contribution in [2.45, 2.75) is 43.9 Å². The third kappa shape index (κ3) is 3.10. The lowest BCUT2D eigenvalue weighted by Gasteiger charge is -2.32. The molecule has 1 aliphatic heterocycles. The summed E-state index contributed by atoms with van der Waals surface area (Å²) >= 11 is 6.64. The molecule has 0 aromatic heterocycles. The fraction of sp³-hybridized carbons (Fsp3) is 0.818. The molecule has 1 rings (SSSR count). The normalized spacial score (nSPS) is 26.4. The van der Waals surface area contributed by atoms with E-state index in [-0.39, 0.29) is 16.7 Å². The van der Waals surface area contributed by atoms with Crippen LogP contribution in [0, 0.1) is 0 Å². The summed E-state index contributed by atoms with van der Waals surface area (Å²) in [6, 6.07) is 0.0861. The molecule has 16 heavy (non-hydrogen) atoms. The van der Waals surface area contributed by atoms with E-state index >= 15 is 0 Å². The van der Waals surface area contributed by atoms with Gasteiger partial charge in [-0.1, -0.05) is 12.2 Å². The largest absolute Gasteiger partial charge is 0.393 e. The molecule has 1 amide bonds. The summed E-state index contributed by atoms with van der Waals surface area (Å²) in [5, 5.41) is 0. The number of nitrogens with zero attached hydrogens (tertiary/aromatic N) is 1.